The van der Waals surface area contributed by atoms with Crippen LogP contribution in [0.15, 0.2) is 6.07 Å². The number of aromatic hydroxyl groups is 2. The van der Waals surface area contributed by atoms with Crippen LogP contribution in [-0.4, -0.2) is 16.8 Å². The van der Waals surface area contributed by atoms with Crippen molar-refractivity contribution >= 4 is 0 Å². The number of ether oxygens (including phenoxy) is 1. The van der Waals surface area contributed by atoms with E-state index in [0.717, 1.165) is 36.8 Å². The fourth-order valence-corrected chi connectivity index (χ4v) is 3.70. The fraction of sp³-hybridized carbons (Fsp3) is 0.750. The van der Waals surface area contributed by atoms with E-state index in [9.17, 15) is 10.2 Å². The van der Waals surface area contributed by atoms with Crippen LogP contribution < -0.4 is 4.74 Å². The summed E-state index contributed by atoms with van der Waals surface area (Å²) in [4.78, 5) is 0. The van der Waals surface area contributed by atoms with E-state index in [1.54, 1.807) is 6.07 Å². The van der Waals surface area contributed by atoms with Crippen LogP contribution in [0.1, 0.15) is 109 Å². The Kier molecular flexibility index (Phi) is 12.8. The molecule has 0 unspecified atom stereocenters. The predicted octanol–water partition coefficient (Wildman–Crippen LogP) is 7.30. The predicted molar refractivity (Wildman–Crippen MR) is 115 cm³/mol. The van der Waals surface area contributed by atoms with Gasteiger partial charge in [-0.3, -0.25) is 0 Å². The van der Waals surface area contributed by atoms with Gasteiger partial charge in [-0.15, -0.1) is 0 Å². The van der Waals surface area contributed by atoms with Crippen LogP contribution >= 0.6 is 0 Å². The highest BCUT2D eigenvalue weighted by Gasteiger charge is 2.18. The number of phenolic OH excluding ortho intramolecular Hbond substituents is 2. The summed E-state index contributed by atoms with van der Waals surface area (Å²) in [7, 11) is 0. The number of benzene rings is 1. The first-order valence-electron chi connectivity index (χ1n) is 11.3. The second-order valence-corrected chi connectivity index (χ2v) is 7.68. The maximum absolute atomic E-state index is 10.3. The molecule has 1 rings (SSSR count). The van der Waals surface area contributed by atoms with E-state index >= 15 is 0 Å². The van der Waals surface area contributed by atoms with Crippen LogP contribution in [0.25, 0.3) is 0 Å². The van der Waals surface area contributed by atoms with Gasteiger partial charge < -0.3 is 14.9 Å². The van der Waals surface area contributed by atoms with Gasteiger partial charge in [0.25, 0.3) is 0 Å². The molecule has 0 saturated carbocycles. The lowest BCUT2D eigenvalue weighted by molar-refractivity contribution is 0.304. The Morgan fingerprint density at radius 1 is 0.704 bits per heavy atom. The summed E-state index contributed by atoms with van der Waals surface area (Å²) in [6, 6.07) is 1.76. The highest BCUT2D eigenvalue weighted by Crippen LogP contribution is 2.42. The first-order chi connectivity index (χ1) is 13.2. The summed E-state index contributed by atoms with van der Waals surface area (Å²) in [6.45, 7) is 6.90. The monoisotopic (exact) mass is 378 g/mol. The minimum absolute atomic E-state index is 0.0499. The molecule has 156 valence electrons. The molecule has 27 heavy (non-hydrogen) atoms. The Balaban J connectivity index is 2.73. The van der Waals surface area contributed by atoms with Gasteiger partial charge in [-0.25, -0.2) is 0 Å². The largest absolute Gasteiger partial charge is 0.504 e. The molecular weight excluding hydrogens is 336 g/mol. The summed E-state index contributed by atoms with van der Waals surface area (Å²) in [5.74, 6) is 0.364. The first kappa shape index (κ1) is 23.7. The summed E-state index contributed by atoms with van der Waals surface area (Å²) < 4.78 is 5.73. The number of unbranched alkanes of at least 4 members (excludes halogenated alkanes) is 10. The van der Waals surface area contributed by atoms with E-state index in [-0.39, 0.29) is 11.5 Å². The number of hydrogen-bond donors (Lipinski definition) is 2. The molecule has 3 heteroatoms. The van der Waals surface area contributed by atoms with Crippen molar-refractivity contribution in [2.24, 2.45) is 0 Å². The van der Waals surface area contributed by atoms with Gasteiger partial charge in [-0.05, 0) is 44.2 Å². The van der Waals surface area contributed by atoms with Crippen LogP contribution in [0.5, 0.6) is 17.2 Å². The zero-order chi connectivity index (χ0) is 19.9. The smallest absolute Gasteiger partial charge is 0.200 e. The summed E-state index contributed by atoms with van der Waals surface area (Å²) >= 11 is 0. The third-order valence-corrected chi connectivity index (χ3v) is 5.30. The summed E-state index contributed by atoms with van der Waals surface area (Å²) in [5, 5.41) is 20.4. The highest BCUT2D eigenvalue weighted by atomic mass is 16.5. The Morgan fingerprint density at radius 3 is 1.78 bits per heavy atom. The van der Waals surface area contributed by atoms with Crippen LogP contribution in [0, 0.1) is 0 Å². The van der Waals surface area contributed by atoms with Crippen LogP contribution in [-0.2, 0) is 12.8 Å². The molecule has 0 fully saturated rings. The van der Waals surface area contributed by atoms with Crippen LogP contribution in [0.2, 0.25) is 0 Å². The third kappa shape index (κ3) is 8.90. The average Bonchev–Trinajstić information content (AvgIpc) is 2.66. The van der Waals surface area contributed by atoms with Crippen molar-refractivity contribution < 1.29 is 14.9 Å². The molecule has 0 heterocycles. The Morgan fingerprint density at radius 2 is 1.22 bits per heavy atom. The summed E-state index contributed by atoms with van der Waals surface area (Å²) in [6.07, 6.45) is 16.9. The minimum Gasteiger partial charge on any atom is -0.504 e. The molecule has 2 N–H and O–H groups in total. The lowest BCUT2D eigenvalue weighted by Crippen LogP contribution is -2.03. The maximum atomic E-state index is 10.3. The van der Waals surface area contributed by atoms with Gasteiger partial charge in [0.15, 0.2) is 11.5 Å². The maximum Gasteiger partial charge on any atom is 0.200 e. The first-order valence-corrected chi connectivity index (χ1v) is 11.3. The molecule has 0 amide bonds. The molecule has 0 bridgehead atoms. The molecule has 1 aromatic rings. The fourth-order valence-electron chi connectivity index (χ4n) is 3.70. The molecule has 0 spiro atoms. The average molecular weight is 379 g/mol. The molecule has 0 radical (unpaired) electrons. The van der Waals surface area contributed by atoms with Crippen molar-refractivity contribution in [2.75, 3.05) is 6.61 Å². The van der Waals surface area contributed by atoms with Crippen molar-refractivity contribution in [1.82, 2.24) is 0 Å². The van der Waals surface area contributed by atoms with Gasteiger partial charge in [-0.1, -0.05) is 78.1 Å². The zero-order valence-corrected chi connectivity index (χ0v) is 18.0. The molecule has 0 aliphatic heterocycles. The van der Waals surface area contributed by atoms with Gasteiger partial charge in [0.1, 0.15) is 0 Å². The molecule has 3 nitrogen and oxygen atoms in total. The molecule has 0 aliphatic carbocycles. The van der Waals surface area contributed by atoms with E-state index < -0.39 is 0 Å². The van der Waals surface area contributed by atoms with Crippen molar-refractivity contribution in [3.05, 3.63) is 17.2 Å². The van der Waals surface area contributed by atoms with E-state index in [2.05, 4.69) is 13.8 Å². The number of aryl methyl sites for hydroxylation is 1. The van der Waals surface area contributed by atoms with Gasteiger partial charge in [-0.2, -0.15) is 0 Å². The topological polar surface area (TPSA) is 49.7 Å². The quantitative estimate of drug-likeness (QED) is 0.234. The molecular formula is C24H42O3. The van der Waals surface area contributed by atoms with Crippen molar-refractivity contribution in [3.63, 3.8) is 0 Å². The van der Waals surface area contributed by atoms with Gasteiger partial charge in [0.05, 0.1) is 6.61 Å². The van der Waals surface area contributed by atoms with Crippen molar-refractivity contribution in [1.29, 1.82) is 0 Å². The highest BCUT2D eigenvalue weighted by molar-refractivity contribution is 5.57. The van der Waals surface area contributed by atoms with Crippen molar-refractivity contribution in [3.8, 4) is 17.2 Å². The van der Waals surface area contributed by atoms with E-state index in [1.165, 1.54) is 64.2 Å². The molecule has 0 atom stereocenters. The van der Waals surface area contributed by atoms with Gasteiger partial charge in [0, 0.05) is 5.56 Å². The Bertz CT molecular complexity index is 511. The van der Waals surface area contributed by atoms with E-state index in [1.807, 2.05) is 6.92 Å². The number of hydrogen-bond acceptors (Lipinski definition) is 3. The zero-order valence-electron chi connectivity index (χ0n) is 18.0. The third-order valence-electron chi connectivity index (χ3n) is 5.30. The molecule has 0 aliphatic rings. The second kappa shape index (κ2) is 14.6. The lowest BCUT2D eigenvalue weighted by atomic mass is 9.94. The SMILES string of the molecule is CCCCCCCCc1cc(O)c(O)c(OCC)c1CCCCCCCC. The van der Waals surface area contributed by atoms with Gasteiger partial charge >= 0.3 is 0 Å². The van der Waals surface area contributed by atoms with Gasteiger partial charge in [0.2, 0.25) is 5.75 Å². The number of phenols is 2. The lowest BCUT2D eigenvalue weighted by Gasteiger charge is -2.18. The molecule has 1 aromatic carbocycles. The Hall–Kier alpha value is -1.38. The van der Waals surface area contributed by atoms with Crippen molar-refractivity contribution in [2.45, 2.75) is 111 Å². The molecule has 0 saturated heterocycles. The summed E-state index contributed by atoms with van der Waals surface area (Å²) in [5.41, 5.74) is 2.26. The normalized spacial score (nSPS) is 11.1. The van der Waals surface area contributed by atoms with E-state index in [0.29, 0.717) is 12.4 Å². The molecule has 0 aromatic heterocycles. The van der Waals surface area contributed by atoms with Crippen LogP contribution in [0.4, 0.5) is 0 Å². The minimum atomic E-state index is -0.0930. The van der Waals surface area contributed by atoms with E-state index in [4.69, 9.17) is 4.74 Å². The van der Waals surface area contributed by atoms with Crippen LogP contribution in [0.3, 0.4) is 0 Å². The number of rotatable bonds is 16. The second-order valence-electron chi connectivity index (χ2n) is 7.68. The Labute approximate surface area is 167 Å². The standard InChI is InChI=1S/C24H42O3/c1-4-7-9-11-13-15-17-20-19-22(25)23(26)24(27-6-3)21(20)18-16-14-12-10-8-5-2/h19,25-26H,4-18H2,1-3H3.